The van der Waals surface area contributed by atoms with E-state index in [1.165, 1.54) is 0 Å². The predicted octanol–water partition coefficient (Wildman–Crippen LogP) is 3.33. The predicted molar refractivity (Wildman–Crippen MR) is 76.7 cm³/mol. The first-order valence-electron chi connectivity index (χ1n) is 6.46. The van der Waals surface area contributed by atoms with Crippen LogP contribution in [0, 0.1) is 5.92 Å². The van der Waals surface area contributed by atoms with Crippen LogP contribution >= 0.6 is 0 Å². The van der Waals surface area contributed by atoms with Crippen molar-refractivity contribution in [2.75, 3.05) is 11.1 Å². The first kappa shape index (κ1) is 15.0. The van der Waals surface area contributed by atoms with E-state index < -0.39 is 9.84 Å². The summed E-state index contributed by atoms with van der Waals surface area (Å²) in [4.78, 5) is 0.416. The minimum atomic E-state index is -3.17. The van der Waals surface area contributed by atoms with Crippen LogP contribution in [0.3, 0.4) is 0 Å². The molecule has 1 aromatic carbocycles. The lowest BCUT2D eigenvalue weighted by Crippen LogP contribution is -2.23. The minimum absolute atomic E-state index is 0.196. The highest BCUT2D eigenvalue weighted by Crippen LogP contribution is 2.24. The lowest BCUT2D eigenvalue weighted by molar-refractivity contribution is 0.558. The van der Waals surface area contributed by atoms with Crippen LogP contribution in [0.5, 0.6) is 0 Å². The molecule has 0 amide bonds. The van der Waals surface area contributed by atoms with Gasteiger partial charge in [-0.15, -0.1) is 0 Å². The summed E-state index contributed by atoms with van der Waals surface area (Å²) in [6.45, 7) is 8.17. The van der Waals surface area contributed by atoms with Crippen molar-refractivity contribution in [1.82, 2.24) is 0 Å². The van der Waals surface area contributed by atoms with Crippen LogP contribution in [-0.2, 0) is 9.84 Å². The zero-order valence-corrected chi connectivity index (χ0v) is 12.4. The molecule has 4 heteroatoms. The van der Waals surface area contributed by atoms with Crippen molar-refractivity contribution in [3.63, 3.8) is 0 Å². The van der Waals surface area contributed by atoms with Crippen LogP contribution in [0.2, 0.25) is 0 Å². The standard InChI is InChI=1S/C14H23NO2S/c1-5-10-18(16,17)14-9-7-6-8-13(14)15-12(4)11(2)3/h6-9,11-12,15H,5,10H2,1-4H3. The molecule has 1 aromatic rings. The van der Waals surface area contributed by atoms with Crippen molar-refractivity contribution in [2.24, 2.45) is 5.92 Å². The third-order valence-corrected chi connectivity index (χ3v) is 5.05. The van der Waals surface area contributed by atoms with Crippen LogP contribution in [0.4, 0.5) is 5.69 Å². The molecule has 0 saturated heterocycles. The molecule has 0 saturated carbocycles. The monoisotopic (exact) mass is 269 g/mol. The van der Waals surface area contributed by atoms with Crippen LogP contribution in [0.1, 0.15) is 34.1 Å². The third-order valence-electron chi connectivity index (χ3n) is 3.08. The van der Waals surface area contributed by atoms with Gasteiger partial charge in [-0.2, -0.15) is 0 Å². The Hall–Kier alpha value is -1.03. The van der Waals surface area contributed by atoms with E-state index in [9.17, 15) is 8.42 Å². The number of sulfone groups is 1. The fourth-order valence-electron chi connectivity index (χ4n) is 1.65. The van der Waals surface area contributed by atoms with Gasteiger partial charge in [-0.25, -0.2) is 8.42 Å². The smallest absolute Gasteiger partial charge is 0.180 e. The molecular weight excluding hydrogens is 246 g/mol. The number of nitrogens with one attached hydrogen (secondary N) is 1. The van der Waals surface area contributed by atoms with Crippen molar-refractivity contribution in [1.29, 1.82) is 0 Å². The van der Waals surface area contributed by atoms with E-state index >= 15 is 0 Å². The first-order chi connectivity index (χ1) is 8.38. The summed E-state index contributed by atoms with van der Waals surface area (Å²) in [5, 5.41) is 3.30. The normalized spacial score (nSPS) is 13.6. The maximum Gasteiger partial charge on any atom is 0.180 e. The molecule has 0 bridgehead atoms. The third kappa shape index (κ3) is 3.73. The Labute approximate surface area is 111 Å². The summed E-state index contributed by atoms with van der Waals surface area (Å²) < 4.78 is 24.3. The number of anilines is 1. The molecule has 0 aliphatic carbocycles. The van der Waals surface area contributed by atoms with Crippen molar-refractivity contribution in [3.05, 3.63) is 24.3 Å². The van der Waals surface area contributed by atoms with Gasteiger partial charge in [0.1, 0.15) is 0 Å². The Kier molecular flexibility index (Phi) is 5.20. The highest BCUT2D eigenvalue weighted by atomic mass is 32.2. The van der Waals surface area contributed by atoms with E-state index in [-0.39, 0.29) is 11.8 Å². The van der Waals surface area contributed by atoms with E-state index in [1.807, 2.05) is 19.1 Å². The summed E-state index contributed by atoms with van der Waals surface area (Å²) in [6, 6.07) is 7.39. The average Bonchev–Trinajstić information content (AvgIpc) is 2.29. The molecule has 1 atom stereocenters. The van der Waals surface area contributed by atoms with E-state index in [0.717, 1.165) is 0 Å². The Morgan fingerprint density at radius 3 is 2.33 bits per heavy atom. The van der Waals surface area contributed by atoms with Gasteiger partial charge in [-0.05, 0) is 31.4 Å². The Morgan fingerprint density at radius 1 is 1.17 bits per heavy atom. The Bertz CT molecular complexity index is 480. The molecule has 3 nitrogen and oxygen atoms in total. The van der Waals surface area contributed by atoms with Gasteiger partial charge in [0.25, 0.3) is 0 Å². The zero-order chi connectivity index (χ0) is 13.8. The van der Waals surface area contributed by atoms with Gasteiger partial charge in [0.05, 0.1) is 16.3 Å². The van der Waals surface area contributed by atoms with E-state index in [4.69, 9.17) is 0 Å². The number of para-hydroxylation sites is 1. The molecule has 0 radical (unpaired) electrons. The Morgan fingerprint density at radius 2 is 1.78 bits per heavy atom. The van der Waals surface area contributed by atoms with Crippen molar-refractivity contribution >= 4 is 15.5 Å². The maximum atomic E-state index is 12.2. The van der Waals surface area contributed by atoms with Gasteiger partial charge in [-0.3, -0.25) is 0 Å². The average molecular weight is 269 g/mol. The number of hydrogen-bond donors (Lipinski definition) is 1. The summed E-state index contributed by atoms with van der Waals surface area (Å²) in [6.07, 6.45) is 0.635. The molecule has 1 rings (SSSR count). The lowest BCUT2D eigenvalue weighted by Gasteiger charge is -2.20. The highest BCUT2D eigenvalue weighted by molar-refractivity contribution is 7.91. The quantitative estimate of drug-likeness (QED) is 0.861. The van der Waals surface area contributed by atoms with E-state index in [1.54, 1.807) is 12.1 Å². The molecule has 1 unspecified atom stereocenters. The molecule has 0 aromatic heterocycles. The van der Waals surface area contributed by atoms with Gasteiger partial charge in [0.2, 0.25) is 0 Å². The second-order valence-electron chi connectivity index (χ2n) is 4.99. The summed E-state index contributed by atoms with van der Waals surface area (Å²) in [5.41, 5.74) is 0.715. The number of hydrogen-bond acceptors (Lipinski definition) is 3. The van der Waals surface area contributed by atoms with Crippen LogP contribution in [0.15, 0.2) is 29.2 Å². The molecule has 1 N–H and O–H groups in total. The molecule has 0 aliphatic heterocycles. The SMILES string of the molecule is CCCS(=O)(=O)c1ccccc1NC(C)C(C)C. The van der Waals surface area contributed by atoms with E-state index in [0.29, 0.717) is 22.9 Å². The van der Waals surface area contributed by atoms with Crippen molar-refractivity contribution in [2.45, 2.75) is 45.1 Å². The second kappa shape index (κ2) is 6.23. The Balaban J connectivity index is 3.07. The molecule has 0 spiro atoms. The fourth-order valence-corrected chi connectivity index (χ4v) is 3.15. The van der Waals surface area contributed by atoms with Crippen molar-refractivity contribution in [3.8, 4) is 0 Å². The molecule has 0 fully saturated rings. The van der Waals surface area contributed by atoms with Crippen molar-refractivity contribution < 1.29 is 8.42 Å². The maximum absolute atomic E-state index is 12.2. The molecule has 102 valence electrons. The van der Waals surface area contributed by atoms with Gasteiger partial charge in [0.15, 0.2) is 9.84 Å². The summed E-state index contributed by atoms with van der Waals surface area (Å²) >= 11 is 0. The first-order valence-corrected chi connectivity index (χ1v) is 8.12. The van der Waals surface area contributed by atoms with Gasteiger partial charge in [0, 0.05) is 6.04 Å². The van der Waals surface area contributed by atoms with Crippen LogP contribution in [0.25, 0.3) is 0 Å². The topological polar surface area (TPSA) is 46.2 Å². The zero-order valence-electron chi connectivity index (χ0n) is 11.6. The number of benzene rings is 1. The largest absolute Gasteiger partial charge is 0.381 e. The molecule has 0 aliphatic rings. The highest BCUT2D eigenvalue weighted by Gasteiger charge is 2.18. The van der Waals surface area contributed by atoms with Gasteiger partial charge in [-0.1, -0.05) is 32.9 Å². The fraction of sp³-hybridized carbons (Fsp3) is 0.571. The van der Waals surface area contributed by atoms with E-state index in [2.05, 4.69) is 26.1 Å². The van der Waals surface area contributed by atoms with Gasteiger partial charge >= 0.3 is 0 Å². The van der Waals surface area contributed by atoms with Crippen LogP contribution < -0.4 is 5.32 Å². The molecule has 0 heterocycles. The molecule has 18 heavy (non-hydrogen) atoms. The number of rotatable bonds is 6. The lowest BCUT2D eigenvalue weighted by atomic mass is 10.1. The van der Waals surface area contributed by atoms with Gasteiger partial charge < -0.3 is 5.32 Å². The second-order valence-corrected chi connectivity index (χ2v) is 7.07. The van der Waals surface area contributed by atoms with Crippen LogP contribution in [-0.4, -0.2) is 20.2 Å². The molecular formula is C14H23NO2S. The summed E-state index contributed by atoms with van der Waals surface area (Å²) in [5.74, 6) is 0.647. The summed E-state index contributed by atoms with van der Waals surface area (Å²) in [7, 11) is -3.17. The minimum Gasteiger partial charge on any atom is -0.381 e.